The van der Waals surface area contributed by atoms with Crippen molar-refractivity contribution in [1.82, 2.24) is 5.32 Å². The Hall–Kier alpha value is -1.45. The molecule has 4 nitrogen and oxygen atoms in total. The van der Waals surface area contributed by atoms with E-state index in [0.29, 0.717) is 17.0 Å². The zero-order chi connectivity index (χ0) is 12.8. The molecule has 0 aromatic carbocycles. The molecule has 6 heteroatoms. The summed E-state index contributed by atoms with van der Waals surface area (Å²) in [5, 5.41) is 11.7. The summed E-state index contributed by atoms with van der Waals surface area (Å²) in [5.41, 5.74) is 6.49. The molecule has 1 aromatic heterocycles. The minimum atomic E-state index is -0.258. The lowest BCUT2D eigenvalue weighted by Gasteiger charge is -1.99. The van der Waals surface area contributed by atoms with Crippen LogP contribution in [-0.4, -0.2) is 18.2 Å². The van der Waals surface area contributed by atoms with Gasteiger partial charge >= 0.3 is 0 Å². The van der Waals surface area contributed by atoms with Crippen LogP contribution in [0.25, 0.3) is 0 Å². The molecule has 0 aliphatic heterocycles. The van der Waals surface area contributed by atoms with Crippen molar-refractivity contribution in [2.24, 2.45) is 0 Å². The summed E-state index contributed by atoms with van der Waals surface area (Å²) in [6.45, 7) is 5.89. The number of carbonyl (C=O) groups excluding carboxylic acids is 1. The Kier molecular flexibility index (Phi) is 5.07. The molecule has 0 spiro atoms. The van der Waals surface area contributed by atoms with Gasteiger partial charge in [0.25, 0.3) is 5.91 Å². The van der Waals surface area contributed by atoms with E-state index in [2.05, 4.69) is 11.9 Å². The van der Waals surface area contributed by atoms with E-state index in [1.54, 1.807) is 6.08 Å². The lowest BCUT2D eigenvalue weighted by atomic mass is 10.2. The quantitative estimate of drug-likeness (QED) is 0.633. The highest BCUT2D eigenvalue weighted by Gasteiger charge is 2.20. The molecular formula is C11H13N3OS2. The Bertz CT molecular complexity index is 474. The molecule has 0 fully saturated rings. The maximum absolute atomic E-state index is 11.8. The third-order valence-electron chi connectivity index (χ3n) is 1.91. The fourth-order valence-electron chi connectivity index (χ4n) is 1.17. The van der Waals surface area contributed by atoms with Crippen LogP contribution in [-0.2, 0) is 0 Å². The highest BCUT2D eigenvalue weighted by molar-refractivity contribution is 8.01. The number of nitrogens with two attached hydrogens (primary N) is 1. The molecule has 0 radical (unpaired) electrons. The Morgan fingerprint density at radius 2 is 2.47 bits per heavy atom. The predicted molar refractivity (Wildman–Crippen MR) is 72.4 cm³/mol. The van der Waals surface area contributed by atoms with Crippen molar-refractivity contribution in [2.75, 3.05) is 18.0 Å². The molecule has 1 rings (SSSR count). The van der Waals surface area contributed by atoms with Crippen LogP contribution in [0.4, 0.5) is 5.69 Å². The number of hydrogen-bond donors (Lipinski definition) is 2. The van der Waals surface area contributed by atoms with Crippen LogP contribution < -0.4 is 11.1 Å². The van der Waals surface area contributed by atoms with Crippen LogP contribution in [0.15, 0.2) is 16.9 Å². The first kappa shape index (κ1) is 13.6. The van der Waals surface area contributed by atoms with E-state index in [1.807, 2.05) is 13.0 Å². The second-order valence-corrected chi connectivity index (χ2v) is 5.60. The number of thioether (sulfide) groups is 1. The minimum absolute atomic E-state index is 0.258. The summed E-state index contributed by atoms with van der Waals surface area (Å²) >= 11 is 2.78. The SMILES string of the molecule is C=CCNC(=O)c1sc(SCC)c(C#N)c1N. The number of thiophene rings is 1. The van der Waals surface area contributed by atoms with Crippen LogP contribution in [0.1, 0.15) is 22.2 Å². The van der Waals surface area contributed by atoms with Gasteiger partial charge in [-0.2, -0.15) is 5.26 Å². The number of nitriles is 1. The van der Waals surface area contributed by atoms with Crippen LogP contribution in [0.2, 0.25) is 0 Å². The first-order valence-electron chi connectivity index (χ1n) is 4.99. The Balaban J connectivity index is 3.05. The summed E-state index contributed by atoms with van der Waals surface area (Å²) in [5.74, 6) is 0.578. The van der Waals surface area contributed by atoms with E-state index in [0.717, 1.165) is 9.96 Å². The molecule has 17 heavy (non-hydrogen) atoms. The van der Waals surface area contributed by atoms with Crippen molar-refractivity contribution in [2.45, 2.75) is 11.1 Å². The molecule has 3 N–H and O–H groups in total. The minimum Gasteiger partial charge on any atom is -0.396 e. The second-order valence-electron chi connectivity index (χ2n) is 3.05. The molecule has 0 saturated carbocycles. The third kappa shape index (κ3) is 3.02. The smallest absolute Gasteiger partial charge is 0.263 e. The molecule has 1 amide bonds. The van der Waals surface area contributed by atoms with E-state index in [4.69, 9.17) is 11.0 Å². The van der Waals surface area contributed by atoms with E-state index in [-0.39, 0.29) is 11.6 Å². The number of hydrogen-bond acceptors (Lipinski definition) is 5. The van der Waals surface area contributed by atoms with Gasteiger partial charge in [0.05, 0.1) is 9.90 Å². The van der Waals surface area contributed by atoms with Gasteiger partial charge in [0.15, 0.2) is 0 Å². The van der Waals surface area contributed by atoms with Crippen LogP contribution >= 0.6 is 23.1 Å². The van der Waals surface area contributed by atoms with Gasteiger partial charge in [-0.3, -0.25) is 4.79 Å². The van der Waals surface area contributed by atoms with Crippen molar-refractivity contribution >= 4 is 34.7 Å². The van der Waals surface area contributed by atoms with Crippen LogP contribution in [0, 0.1) is 11.3 Å². The molecule has 0 saturated heterocycles. The van der Waals surface area contributed by atoms with Gasteiger partial charge < -0.3 is 11.1 Å². The summed E-state index contributed by atoms with van der Waals surface area (Å²) in [6.07, 6.45) is 1.59. The zero-order valence-electron chi connectivity index (χ0n) is 9.45. The topological polar surface area (TPSA) is 78.9 Å². The van der Waals surface area contributed by atoms with Crippen molar-refractivity contribution in [3.8, 4) is 6.07 Å². The maximum Gasteiger partial charge on any atom is 0.263 e. The van der Waals surface area contributed by atoms with Crippen molar-refractivity contribution in [3.63, 3.8) is 0 Å². The fraction of sp³-hybridized carbons (Fsp3) is 0.273. The van der Waals surface area contributed by atoms with Crippen molar-refractivity contribution < 1.29 is 4.79 Å². The number of nitrogens with zero attached hydrogens (tertiary/aromatic N) is 1. The Labute approximate surface area is 109 Å². The van der Waals surface area contributed by atoms with Gasteiger partial charge in [-0.1, -0.05) is 13.0 Å². The normalized spacial score (nSPS) is 9.65. The van der Waals surface area contributed by atoms with Gasteiger partial charge in [0, 0.05) is 6.54 Å². The highest BCUT2D eigenvalue weighted by Crippen LogP contribution is 2.37. The predicted octanol–water partition coefficient (Wildman–Crippen LogP) is 2.23. The molecule has 0 atom stereocenters. The Morgan fingerprint density at radius 1 is 1.76 bits per heavy atom. The maximum atomic E-state index is 11.8. The molecule has 0 aliphatic rings. The molecule has 0 bridgehead atoms. The first-order valence-corrected chi connectivity index (χ1v) is 6.80. The number of nitrogens with one attached hydrogen (secondary N) is 1. The average molecular weight is 267 g/mol. The van der Waals surface area contributed by atoms with Gasteiger partial charge in [-0.15, -0.1) is 29.7 Å². The van der Waals surface area contributed by atoms with E-state index in [1.165, 1.54) is 23.1 Å². The zero-order valence-corrected chi connectivity index (χ0v) is 11.1. The summed E-state index contributed by atoms with van der Waals surface area (Å²) in [4.78, 5) is 12.2. The fourth-order valence-corrected chi connectivity index (χ4v) is 3.40. The van der Waals surface area contributed by atoms with Gasteiger partial charge in [-0.05, 0) is 5.75 Å². The van der Waals surface area contributed by atoms with Crippen molar-refractivity contribution in [1.29, 1.82) is 5.26 Å². The lowest BCUT2D eigenvalue weighted by molar-refractivity contribution is 0.0963. The summed E-state index contributed by atoms with van der Waals surface area (Å²) < 4.78 is 0.802. The molecular weight excluding hydrogens is 254 g/mol. The number of anilines is 1. The van der Waals surface area contributed by atoms with Crippen LogP contribution in [0.5, 0.6) is 0 Å². The van der Waals surface area contributed by atoms with Crippen molar-refractivity contribution in [3.05, 3.63) is 23.1 Å². The second kappa shape index (κ2) is 6.33. The van der Waals surface area contributed by atoms with Gasteiger partial charge in [0.2, 0.25) is 0 Å². The van der Waals surface area contributed by atoms with Gasteiger partial charge in [0.1, 0.15) is 16.5 Å². The molecule has 1 heterocycles. The average Bonchev–Trinajstić information content (AvgIpc) is 2.63. The van der Waals surface area contributed by atoms with E-state index in [9.17, 15) is 4.79 Å². The van der Waals surface area contributed by atoms with E-state index >= 15 is 0 Å². The number of carbonyl (C=O) groups is 1. The molecule has 1 aromatic rings. The summed E-state index contributed by atoms with van der Waals surface area (Å²) in [7, 11) is 0. The third-order valence-corrected chi connectivity index (χ3v) is 4.27. The number of amides is 1. The van der Waals surface area contributed by atoms with Gasteiger partial charge in [-0.25, -0.2) is 0 Å². The largest absolute Gasteiger partial charge is 0.396 e. The number of nitrogen functional groups attached to an aromatic ring is 1. The summed E-state index contributed by atoms with van der Waals surface area (Å²) in [6, 6.07) is 2.04. The van der Waals surface area contributed by atoms with E-state index < -0.39 is 0 Å². The van der Waals surface area contributed by atoms with Crippen LogP contribution in [0.3, 0.4) is 0 Å². The first-order chi connectivity index (χ1) is 8.15. The Morgan fingerprint density at radius 3 is 3.00 bits per heavy atom. The molecule has 90 valence electrons. The number of rotatable bonds is 5. The molecule has 0 aliphatic carbocycles. The molecule has 0 unspecified atom stereocenters. The monoisotopic (exact) mass is 267 g/mol. The highest BCUT2D eigenvalue weighted by atomic mass is 32.2. The lowest BCUT2D eigenvalue weighted by Crippen LogP contribution is -2.23. The standard InChI is InChI=1S/C11H13N3OS2/c1-3-5-14-10(15)9-8(13)7(6-12)11(17-9)16-4-2/h3H,1,4-5,13H2,2H3,(H,14,15).